The predicted molar refractivity (Wildman–Crippen MR) is 80.0 cm³/mol. The van der Waals surface area contributed by atoms with Crippen LogP contribution in [-0.2, 0) is 5.88 Å². The van der Waals surface area contributed by atoms with Gasteiger partial charge in [0.05, 0.1) is 7.11 Å². The molecule has 0 atom stereocenters. The summed E-state index contributed by atoms with van der Waals surface area (Å²) in [6.07, 6.45) is 0. The molecule has 0 spiro atoms. The van der Waals surface area contributed by atoms with Crippen LogP contribution in [0.2, 0.25) is 0 Å². The molecule has 2 aromatic carbocycles. The monoisotopic (exact) mass is 292 g/mol. The highest BCUT2D eigenvalue weighted by molar-refractivity contribution is 6.17. The van der Waals surface area contributed by atoms with Crippen LogP contribution in [0.3, 0.4) is 0 Å². The number of methoxy groups -OCH3 is 1. The molecule has 0 aliphatic rings. The maximum Gasteiger partial charge on any atom is 0.161 e. The molecule has 0 unspecified atom stereocenters. The normalized spacial score (nSPS) is 10.1. The minimum absolute atomic E-state index is 0.450. The fraction of sp³-hybridized carbons (Fsp3) is 0.250. The zero-order valence-electron chi connectivity index (χ0n) is 11.3. The van der Waals surface area contributed by atoms with Crippen molar-refractivity contribution in [3.05, 3.63) is 54.1 Å². The van der Waals surface area contributed by atoms with Gasteiger partial charge in [-0.3, -0.25) is 0 Å². The van der Waals surface area contributed by atoms with Gasteiger partial charge in [-0.15, -0.1) is 11.6 Å². The quantitative estimate of drug-likeness (QED) is 0.572. The summed E-state index contributed by atoms with van der Waals surface area (Å²) in [4.78, 5) is 0. The highest BCUT2D eigenvalue weighted by atomic mass is 35.5. The van der Waals surface area contributed by atoms with E-state index in [1.807, 2.05) is 48.5 Å². The molecule has 0 bridgehead atoms. The summed E-state index contributed by atoms with van der Waals surface area (Å²) in [5.41, 5.74) is 1.04. The third-order valence-corrected chi connectivity index (χ3v) is 3.04. The number of ether oxygens (including phenoxy) is 3. The van der Waals surface area contributed by atoms with E-state index in [0.29, 0.717) is 24.8 Å². The summed E-state index contributed by atoms with van der Waals surface area (Å²) in [7, 11) is 1.62. The Morgan fingerprint density at radius 3 is 2.40 bits per heavy atom. The largest absolute Gasteiger partial charge is 0.493 e. The molecular formula is C16H17ClO3. The number of benzene rings is 2. The van der Waals surface area contributed by atoms with Gasteiger partial charge in [0.1, 0.15) is 19.0 Å². The van der Waals surface area contributed by atoms with Crippen molar-refractivity contribution >= 4 is 11.6 Å². The topological polar surface area (TPSA) is 27.7 Å². The van der Waals surface area contributed by atoms with Crippen LogP contribution < -0.4 is 14.2 Å². The SMILES string of the molecule is COc1ccccc1OCCOc1cccc(CCl)c1. The van der Waals surface area contributed by atoms with Gasteiger partial charge in [-0.2, -0.15) is 0 Å². The molecule has 0 aromatic heterocycles. The van der Waals surface area contributed by atoms with Crippen molar-refractivity contribution in [1.29, 1.82) is 0 Å². The van der Waals surface area contributed by atoms with Crippen LogP contribution in [0, 0.1) is 0 Å². The Labute approximate surface area is 124 Å². The van der Waals surface area contributed by atoms with E-state index < -0.39 is 0 Å². The van der Waals surface area contributed by atoms with E-state index in [9.17, 15) is 0 Å². The zero-order chi connectivity index (χ0) is 14.2. The first-order chi connectivity index (χ1) is 9.83. The highest BCUT2D eigenvalue weighted by Gasteiger charge is 2.02. The van der Waals surface area contributed by atoms with Crippen LogP contribution in [0.4, 0.5) is 0 Å². The summed E-state index contributed by atoms with van der Waals surface area (Å²) in [6, 6.07) is 15.3. The van der Waals surface area contributed by atoms with Gasteiger partial charge in [0, 0.05) is 5.88 Å². The summed E-state index contributed by atoms with van der Waals surface area (Å²) < 4.78 is 16.5. The first kappa shape index (κ1) is 14.5. The average Bonchev–Trinajstić information content (AvgIpc) is 2.52. The van der Waals surface area contributed by atoms with Crippen molar-refractivity contribution in [3.63, 3.8) is 0 Å². The second kappa shape index (κ2) is 7.65. The lowest BCUT2D eigenvalue weighted by molar-refractivity contribution is 0.211. The summed E-state index contributed by atoms with van der Waals surface area (Å²) in [5.74, 6) is 2.71. The fourth-order valence-corrected chi connectivity index (χ4v) is 1.93. The van der Waals surface area contributed by atoms with E-state index >= 15 is 0 Å². The van der Waals surface area contributed by atoms with Crippen molar-refractivity contribution in [2.24, 2.45) is 0 Å². The first-order valence-corrected chi connectivity index (χ1v) is 6.90. The van der Waals surface area contributed by atoms with Crippen molar-refractivity contribution in [2.45, 2.75) is 5.88 Å². The third kappa shape index (κ3) is 4.07. The molecule has 20 heavy (non-hydrogen) atoms. The molecule has 0 fully saturated rings. The maximum atomic E-state index is 5.78. The smallest absolute Gasteiger partial charge is 0.161 e. The van der Waals surface area contributed by atoms with Gasteiger partial charge >= 0.3 is 0 Å². The van der Waals surface area contributed by atoms with Gasteiger partial charge in [0.25, 0.3) is 0 Å². The number of alkyl halides is 1. The van der Waals surface area contributed by atoms with Crippen molar-refractivity contribution in [2.75, 3.05) is 20.3 Å². The van der Waals surface area contributed by atoms with Crippen LogP contribution in [0.1, 0.15) is 5.56 Å². The number of hydrogen-bond donors (Lipinski definition) is 0. The van der Waals surface area contributed by atoms with Crippen molar-refractivity contribution in [1.82, 2.24) is 0 Å². The van der Waals surface area contributed by atoms with Gasteiger partial charge in [-0.25, -0.2) is 0 Å². The number of hydrogen-bond acceptors (Lipinski definition) is 3. The van der Waals surface area contributed by atoms with E-state index in [0.717, 1.165) is 17.1 Å². The summed E-state index contributed by atoms with van der Waals surface area (Å²) in [6.45, 7) is 0.912. The standard InChI is InChI=1S/C16H17ClO3/c1-18-15-7-2-3-8-16(15)20-10-9-19-14-6-4-5-13(11-14)12-17/h2-8,11H,9-10,12H2,1H3. The lowest BCUT2D eigenvalue weighted by Crippen LogP contribution is -2.09. The van der Waals surface area contributed by atoms with E-state index in [-0.39, 0.29) is 0 Å². The molecule has 0 saturated carbocycles. The van der Waals surface area contributed by atoms with Gasteiger partial charge in [0.2, 0.25) is 0 Å². The van der Waals surface area contributed by atoms with Gasteiger partial charge in [-0.1, -0.05) is 24.3 Å². The molecule has 4 heteroatoms. The minimum Gasteiger partial charge on any atom is -0.493 e. The molecule has 0 aliphatic carbocycles. The minimum atomic E-state index is 0.450. The van der Waals surface area contributed by atoms with E-state index in [2.05, 4.69) is 0 Å². The molecule has 106 valence electrons. The highest BCUT2D eigenvalue weighted by Crippen LogP contribution is 2.25. The summed E-state index contributed by atoms with van der Waals surface area (Å²) in [5, 5.41) is 0. The average molecular weight is 293 g/mol. The molecule has 0 amide bonds. The van der Waals surface area contributed by atoms with Crippen LogP contribution in [-0.4, -0.2) is 20.3 Å². The number of halogens is 1. The molecule has 0 heterocycles. The number of rotatable bonds is 7. The second-order valence-electron chi connectivity index (χ2n) is 4.13. The molecule has 0 saturated heterocycles. The number of para-hydroxylation sites is 2. The van der Waals surface area contributed by atoms with Crippen LogP contribution in [0.15, 0.2) is 48.5 Å². The van der Waals surface area contributed by atoms with Gasteiger partial charge in [-0.05, 0) is 29.8 Å². The Morgan fingerprint density at radius 1 is 0.900 bits per heavy atom. The maximum absolute atomic E-state index is 5.78. The molecule has 2 aromatic rings. The van der Waals surface area contributed by atoms with Crippen molar-refractivity contribution < 1.29 is 14.2 Å². The Kier molecular flexibility index (Phi) is 5.56. The Bertz CT molecular complexity index is 543. The zero-order valence-corrected chi connectivity index (χ0v) is 12.1. The van der Waals surface area contributed by atoms with Crippen LogP contribution in [0.25, 0.3) is 0 Å². The van der Waals surface area contributed by atoms with Crippen molar-refractivity contribution in [3.8, 4) is 17.2 Å². The second-order valence-corrected chi connectivity index (χ2v) is 4.40. The van der Waals surface area contributed by atoms with E-state index in [1.165, 1.54) is 0 Å². The van der Waals surface area contributed by atoms with Gasteiger partial charge < -0.3 is 14.2 Å². The van der Waals surface area contributed by atoms with E-state index in [1.54, 1.807) is 7.11 Å². The fourth-order valence-electron chi connectivity index (χ4n) is 1.77. The molecule has 0 radical (unpaired) electrons. The van der Waals surface area contributed by atoms with Crippen LogP contribution in [0.5, 0.6) is 17.2 Å². The molecule has 2 rings (SSSR count). The molecule has 0 aliphatic heterocycles. The Balaban J connectivity index is 1.81. The van der Waals surface area contributed by atoms with Gasteiger partial charge in [0.15, 0.2) is 11.5 Å². The Morgan fingerprint density at radius 2 is 1.65 bits per heavy atom. The Hall–Kier alpha value is -1.87. The van der Waals surface area contributed by atoms with Crippen LogP contribution >= 0.6 is 11.6 Å². The lowest BCUT2D eigenvalue weighted by Gasteiger charge is -2.11. The molecular weight excluding hydrogens is 276 g/mol. The molecule has 3 nitrogen and oxygen atoms in total. The molecule has 0 N–H and O–H groups in total. The first-order valence-electron chi connectivity index (χ1n) is 6.37. The summed E-state index contributed by atoms with van der Waals surface area (Å²) >= 11 is 5.78. The third-order valence-electron chi connectivity index (χ3n) is 2.73. The predicted octanol–water partition coefficient (Wildman–Crippen LogP) is 3.89. The van der Waals surface area contributed by atoms with E-state index in [4.69, 9.17) is 25.8 Å². The lowest BCUT2D eigenvalue weighted by atomic mass is 10.2.